The second-order valence-electron chi connectivity index (χ2n) is 4.79. The summed E-state index contributed by atoms with van der Waals surface area (Å²) >= 11 is 0. The summed E-state index contributed by atoms with van der Waals surface area (Å²) in [5.41, 5.74) is 6.20. The highest BCUT2D eigenvalue weighted by Gasteiger charge is 2.14. The molecule has 0 aliphatic carbocycles. The third kappa shape index (κ3) is 4.01. The maximum Gasteiger partial charge on any atom is 0.129 e. The SMILES string of the molecule is N=C(N)c1ccc(COCC2CCOCC2)c(F)c1. The second kappa shape index (κ2) is 6.63. The minimum absolute atomic E-state index is 0.131. The predicted molar refractivity (Wildman–Crippen MR) is 70.6 cm³/mol. The van der Waals surface area contributed by atoms with E-state index in [1.807, 2.05) is 0 Å². The van der Waals surface area contributed by atoms with Crippen molar-refractivity contribution >= 4 is 5.84 Å². The van der Waals surface area contributed by atoms with Crippen LogP contribution < -0.4 is 5.73 Å². The number of ether oxygens (including phenoxy) is 2. The molecule has 4 nitrogen and oxygen atoms in total. The van der Waals surface area contributed by atoms with Crippen molar-refractivity contribution in [1.82, 2.24) is 0 Å². The van der Waals surface area contributed by atoms with E-state index in [0.29, 0.717) is 23.7 Å². The highest BCUT2D eigenvalue weighted by molar-refractivity contribution is 5.94. The van der Waals surface area contributed by atoms with Crippen LogP contribution in [0.5, 0.6) is 0 Å². The number of nitrogens with one attached hydrogen (secondary N) is 1. The van der Waals surface area contributed by atoms with Crippen LogP contribution >= 0.6 is 0 Å². The molecule has 0 aromatic heterocycles. The highest BCUT2D eigenvalue weighted by atomic mass is 19.1. The third-order valence-electron chi connectivity index (χ3n) is 3.32. The fraction of sp³-hybridized carbons (Fsp3) is 0.500. The quantitative estimate of drug-likeness (QED) is 0.633. The molecule has 1 heterocycles. The molecule has 5 heteroatoms. The van der Waals surface area contributed by atoms with Gasteiger partial charge in [0.05, 0.1) is 13.2 Å². The van der Waals surface area contributed by atoms with Gasteiger partial charge in [0.2, 0.25) is 0 Å². The molecule has 19 heavy (non-hydrogen) atoms. The van der Waals surface area contributed by atoms with Crippen LogP contribution in [-0.4, -0.2) is 25.7 Å². The first kappa shape index (κ1) is 14.0. The molecule has 0 amide bonds. The first-order valence-corrected chi connectivity index (χ1v) is 6.45. The Morgan fingerprint density at radius 2 is 2.16 bits per heavy atom. The summed E-state index contributed by atoms with van der Waals surface area (Å²) in [6.07, 6.45) is 2.01. The molecule has 1 aromatic rings. The van der Waals surface area contributed by atoms with Gasteiger partial charge in [0.15, 0.2) is 0 Å². The van der Waals surface area contributed by atoms with E-state index in [4.69, 9.17) is 20.6 Å². The van der Waals surface area contributed by atoms with Crippen molar-refractivity contribution in [2.24, 2.45) is 11.7 Å². The lowest BCUT2D eigenvalue weighted by molar-refractivity contribution is 0.0151. The Morgan fingerprint density at radius 3 is 2.79 bits per heavy atom. The minimum atomic E-state index is -0.375. The molecule has 1 fully saturated rings. The Bertz CT molecular complexity index is 445. The summed E-state index contributed by atoms with van der Waals surface area (Å²) in [7, 11) is 0. The summed E-state index contributed by atoms with van der Waals surface area (Å²) in [6.45, 7) is 2.46. The number of nitrogens with two attached hydrogens (primary N) is 1. The Balaban J connectivity index is 1.83. The van der Waals surface area contributed by atoms with E-state index in [9.17, 15) is 4.39 Å². The molecule has 3 N–H and O–H groups in total. The summed E-state index contributed by atoms with van der Waals surface area (Å²) in [5, 5.41) is 7.24. The first-order valence-electron chi connectivity index (χ1n) is 6.45. The largest absolute Gasteiger partial charge is 0.384 e. The van der Waals surface area contributed by atoms with E-state index >= 15 is 0 Å². The van der Waals surface area contributed by atoms with Gasteiger partial charge in [0.25, 0.3) is 0 Å². The smallest absolute Gasteiger partial charge is 0.129 e. The van der Waals surface area contributed by atoms with Gasteiger partial charge in [0, 0.05) is 24.3 Å². The maximum atomic E-state index is 13.7. The lowest BCUT2D eigenvalue weighted by atomic mass is 10.0. The van der Waals surface area contributed by atoms with Crippen molar-refractivity contribution in [3.63, 3.8) is 0 Å². The normalized spacial score (nSPS) is 16.5. The summed E-state index contributed by atoms with van der Waals surface area (Å²) in [5.74, 6) is 0.00144. The van der Waals surface area contributed by atoms with Crippen LogP contribution in [0.2, 0.25) is 0 Å². The van der Waals surface area contributed by atoms with E-state index in [1.165, 1.54) is 6.07 Å². The Morgan fingerprint density at radius 1 is 1.42 bits per heavy atom. The average Bonchev–Trinajstić information content (AvgIpc) is 2.41. The molecule has 1 aliphatic rings. The minimum Gasteiger partial charge on any atom is -0.384 e. The molecule has 0 radical (unpaired) electrons. The third-order valence-corrected chi connectivity index (χ3v) is 3.32. The van der Waals surface area contributed by atoms with Crippen molar-refractivity contribution in [3.05, 3.63) is 35.1 Å². The van der Waals surface area contributed by atoms with Crippen LogP contribution in [0.3, 0.4) is 0 Å². The number of benzene rings is 1. The molecule has 2 rings (SSSR count). The second-order valence-corrected chi connectivity index (χ2v) is 4.79. The fourth-order valence-electron chi connectivity index (χ4n) is 2.08. The van der Waals surface area contributed by atoms with Gasteiger partial charge in [-0.25, -0.2) is 4.39 Å². The van der Waals surface area contributed by atoms with Gasteiger partial charge in [-0.3, -0.25) is 5.41 Å². The van der Waals surface area contributed by atoms with Crippen molar-refractivity contribution in [2.45, 2.75) is 19.4 Å². The molecule has 1 aliphatic heterocycles. The lowest BCUT2D eigenvalue weighted by Gasteiger charge is -2.21. The van der Waals surface area contributed by atoms with Crippen LogP contribution in [0, 0.1) is 17.1 Å². The summed E-state index contributed by atoms with van der Waals surface area (Å²) < 4.78 is 24.6. The van der Waals surface area contributed by atoms with E-state index < -0.39 is 0 Å². The van der Waals surface area contributed by atoms with Crippen LogP contribution in [0.1, 0.15) is 24.0 Å². The van der Waals surface area contributed by atoms with Crippen molar-refractivity contribution in [1.29, 1.82) is 5.41 Å². The van der Waals surface area contributed by atoms with E-state index in [1.54, 1.807) is 12.1 Å². The van der Waals surface area contributed by atoms with Crippen LogP contribution in [0.25, 0.3) is 0 Å². The van der Waals surface area contributed by atoms with E-state index in [2.05, 4.69) is 0 Å². The molecule has 0 bridgehead atoms. The molecule has 0 atom stereocenters. The number of hydrogen-bond donors (Lipinski definition) is 2. The van der Waals surface area contributed by atoms with Gasteiger partial charge in [-0.1, -0.05) is 12.1 Å². The van der Waals surface area contributed by atoms with Gasteiger partial charge in [-0.05, 0) is 24.8 Å². The number of amidine groups is 1. The van der Waals surface area contributed by atoms with Crippen LogP contribution in [-0.2, 0) is 16.1 Å². The van der Waals surface area contributed by atoms with E-state index in [0.717, 1.165) is 26.1 Å². The van der Waals surface area contributed by atoms with Gasteiger partial charge < -0.3 is 15.2 Å². The number of nitrogen functional groups attached to an aromatic ring is 1. The summed E-state index contributed by atoms with van der Waals surface area (Å²) in [4.78, 5) is 0. The fourth-order valence-corrected chi connectivity index (χ4v) is 2.08. The first-order chi connectivity index (χ1) is 9.16. The molecule has 1 aromatic carbocycles. The van der Waals surface area contributed by atoms with Crippen molar-refractivity contribution in [2.75, 3.05) is 19.8 Å². The zero-order chi connectivity index (χ0) is 13.7. The van der Waals surface area contributed by atoms with Crippen LogP contribution in [0.15, 0.2) is 18.2 Å². The Hall–Kier alpha value is -1.46. The molecular formula is C14H19FN2O2. The topological polar surface area (TPSA) is 68.3 Å². The predicted octanol–water partition coefficient (Wildman–Crippen LogP) is 2.05. The Kier molecular flexibility index (Phi) is 4.87. The van der Waals surface area contributed by atoms with Crippen molar-refractivity contribution < 1.29 is 13.9 Å². The maximum absolute atomic E-state index is 13.7. The lowest BCUT2D eigenvalue weighted by Crippen LogP contribution is -2.20. The highest BCUT2D eigenvalue weighted by Crippen LogP contribution is 2.17. The number of hydrogen-bond acceptors (Lipinski definition) is 3. The molecule has 0 spiro atoms. The van der Waals surface area contributed by atoms with Crippen molar-refractivity contribution in [3.8, 4) is 0 Å². The van der Waals surface area contributed by atoms with Gasteiger partial charge >= 0.3 is 0 Å². The molecule has 104 valence electrons. The van der Waals surface area contributed by atoms with E-state index in [-0.39, 0.29) is 18.3 Å². The monoisotopic (exact) mass is 266 g/mol. The molecule has 1 saturated heterocycles. The average molecular weight is 266 g/mol. The molecular weight excluding hydrogens is 247 g/mol. The zero-order valence-electron chi connectivity index (χ0n) is 10.8. The molecule has 0 saturated carbocycles. The number of rotatable bonds is 5. The van der Waals surface area contributed by atoms with Gasteiger partial charge in [-0.15, -0.1) is 0 Å². The van der Waals surface area contributed by atoms with Crippen LogP contribution in [0.4, 0.5) is 4.39 Å². The Labute approximate surface area is 112 Å². The standard InChI is InChI=1S/C14H19FN2O2/c15-13-7-11(14(16)17)1-2-12(13)9-19-8-10-3-5-18-6-4-10/h1-2,7,10H,3-6,8-9H2,(H3,16,17). The summed E-state index contributed by atoms with van der Waals surface area (Å²) in [6, 6.07) is 4.53. The number of halogens is 1. The zero-order valence-corrected chi connectivity index (χ0v) is 10.8. The van der Waals surface area contributed by atoms with Gasteiger partial charge in [-0.2, -0.15) is 0 Å². The van der Waals surface area contributed by atoms with Gasteiger partial charge in [0.1, 0.15) is 11.7 Å². The molecule has 0 unspecified atom stereocenters.